The standard InChI is InChI=1S/C7H11N3OS.C2H6/c1-4-5(6(11)8-2)9-10(3)7(4)12;1-2/h9H,1-3H3,(H,8,11);1-2H3. The first-order chi connectivity index (χ1) is 6.57. The van der Waals surface area contributed by atoms with E-state index < -0.39 is 0 Å². The second kappa shape index (κ2) is 5.59. The molecular weight excluding hydrogens is 198 g/mol. The Bertz CT molecular complexity index is 365. The van der Waals surface area contributed by atoms with Crippen molar-refractivity contribution in [3.05, 3.63) is 15.9 Å². The molecule has 0 atom stereocenters. The molecule has 0 aromatic carbocycles. The van der Waals surface area contributed by atoms with E-state index >= 15 is 0 Å². The van der Waals surface area contributed by atoms with Crippen molar-refractivity contribution in [1.82, 2.24) is 15.1 Å². The highest BCUT2D eigenvalue weighted by Gasteiger charge is 2.10. The summed E-state index contributed by atoms with van der Waals surface area (Å²) in [5, 5.41) is 5.40. The fourth-order valence-electron chi connectivity index (χ4n) is 1.01. The van der Waals surface area contributed by atoms with Crippen LogP contribution in [0.1, 0.15) is 29.9 Å². The molecule has 0 saturated carbocycles. The largest absolute Gasteiger partial charge is 0.354 e. The van der Waals surface area contributed by atoms with Crippen molar-refractivity contribution in [3.63, 3.8) is 0 Å². The van der Waals surface area contributed by atoms with Gasteiger partial charge in [0.1, 0.15) is 10.3 Å². The first kappa shape index (κ1) is 12.9. The number of rotatable bonds is 1. The van der Waals surface area contributed by atoms with Gasteiger partial charge in [-0.05, 0) is 6.92 Å². The van der Waals surface area contributed by atoms with Crippen molar-refractivity contribution in [1.29, 1.82) is 0 Å². The minimum absolute atomic E-state index is 0.140. The summed E-state index contributed by atoms with van der Waals surface area (Å²) in [6, 6.07) is 0. The Morgan fingerprint density at radius 2 is 2.00 bits per heavy atom. The van der Waals surface area contributed by atoms with E-state index in [-0.39, 0.29) is 5.91 Å². The Morgan fingerprint density at radius 1 is 1.50 bits per heavy atom. The summed E-state index contributed by atoms with van der Waals surface area (Å²) >= 11 is 5.03. The smallest absolute Gasteiger partial charge is 0.269 e. The number of aromatic amines is 1. The Labute approximate surface area is 89.3 Å². The number of carbonyl (C=O) groups is 1. The first-order valence-electron chi connectivity index (χ1n) is 4.55. The molecule has 14 heavy (non-hydrogen) atoms. The zero-order valence-electron chi connectivity index (χ0n) is 9.26. The minimum atomic E-state index is -0.140. The van der Waals surface area contributed by atoms with E-state index in [1.807, 2.05) is 20.8 Å². The normalized spacial score (nSPS) is 8.93. The van der Waals surface area contributed by atoms with Gasteiger partial charge in [-0.1, -0.05) is 26.1 Å². The Kier molecular flexibility index (Phi) is 5.15. The molecule has 0 aliphatic carbocycles. The second-order valence-corrected chi connectivity index (χ2v) is 2.94. The van der Waals surface area contributed by atoms with Crippen LogP contribution in [-0.4, -0.2) is 22.7 Å². The lowest BCUT2D eigenvalue weighted by Gasteiger charge is -1.95. The molecule has 1 aromatic heterocycles. The molecule has 0 fully saturated rings. The Morgan fingerprint density at radius 3 is 2.29 bits per heavy atom. The fourth-order valence-corrected chi connectivity index (χ4v) is 1.15. The van der Waals surface area contributed by atoms with Gasteiger partial charge in [0, 0.05) is 19.7 Å². The van der Waals surface area contributed by atoms with Crippen LogP contribution in [0.15, 0.2) is 0 Å². The van der Waals surface area contributed by atoms with Crippen LogP contribution in [0.5, 0.6) is 0 Å². The molecule has 0 bridgehead atoms. The lowest BCUT2D eigenvalue weighted by atomic mass is 10.3. The van der Waals surface area contributed by atoms with E-state index in [0.717, 1.165) is 5.56 Å². The van der Waals surface area contributed by atoms with Crippen molar-refractivity contribution >= 4 is 18.1 Å². The predicted octanol–water partition coefficient (Wildman–Crippen LogP) is 1.78. The zero-order valence-corrected chi connectivity index (χ0v) is 10.1. The lowest BCUT2D eigenvalue weighted by Crippen LogP contribution is -2.19. The molecule has 80 valence electrons. The van der Waals surface area contributed by atoms with Gasteiger partial charge < -0.3 is 5.32 Å². The van der Waals surface area contributed by atoms with Gasteiger partial charge >= 0.3 is 0 Å². The quantitative estimate of drug-likeness (QED) is 0.702. The summed E-state index contributed by atoms with van der Waals surface area (Å²) < 4.78 is 2.31. The summed E-state index contributed by atoms with van der Waals surface area (Å²) in [7, 11) is 3.37. The van der Waals surface area contributed by atoms with E-state index in [0.29, 0.717) is 10.3 Å². The average Bonchev–Trinajstić information content (AvgIpc) is 2.48. The van der Waals surface area contributed by atoms with Crippen molar-refractivity contribution in [2.24, 2.45) is 7.05 Å². The Balaban J connectivity index is 0.000000791. The number of amides is 1. The average molecular weight is 215 g/mol. The molecule has 1 rings (SSSR count). The zero-order chi connectivity index (χ0) is 11.3. The monoisotopic (exact) mass is 215 g/mol. The van der Waals surface area contributed by atoms with Crippen LogP contribution in [0.2, 0.25) is 0 Å². The molecule has 4 nitrogen and oxygen atoms in total. The van der Waals surface area contributed by atoms with Gasteiger partial charge in [-0.25, -0.2) is 0 Å². The van der Waals surface area contributed by atoms with Crippen LogP contribution in [0.4, 0.5) is 0 Å². The maximum absolute atomic E-state index is 11.2. The predicted molar refractivity (Wildman–Crippen MR) is 60.1 cm³/mol. The van der Waals surface area contributed by atoms with Crippen LogP contribution in [0, 0.1) is 11.6 Å². The summed E-state index contributed by atoms with van der Waals surface area (Å²) in [5.74, 6) is -0.140. The summed E-state index contributed by atoms with van der Waals surface area (Å²) in [6.07, 6.45) is 0. The molecule has 1 aromatic rings. The lowest BCUT2D eigenvalue weighted by molar-refractivity contribution is 0.0957. The van der Waals surface area contributed by atoms with E-state index in [9.17, 15) is 4.79 Å². The maximum atomic E-state index is 11.2. The number of carbonyl (C=O) groups excluding carboxylic acids is 1. The topological polar surface area (TPSA) is 49.8 Å². The van der Waals surface area contributed by atoms with Crippen LogP contribution in [0.25, 0.3) is 0 Å². The number of aromatic nitrogens is 2. The fraction of sp³-hybridized carbons (Fsp3) is 0.556. The Hall–Kier alpha value is -1.10. The summed E-state index contributed by atoms with van der Waals surface area (Å²) in [5.41, 5.74) is 1.34. The van der Waals surface area contributed by atoms with Gasteiger partial charge in [-0.2, -0.15) is 0 Å². The number of nitrogens with zero attached hydrogens (tertiary/aromatic N) is 1. The molecule has 0 unspecified atom stereocenters. The van der Waals surface area contributed by atoms with Gasteiger partial charge in [0.15, 0.2) is 0 Å². The third-order valence-corrected chi connectivity index (χ3v) is 2.31. The van der Waals surface area contributed by atoms with Gasteiger partial charge in [0.2, 0.25) is 0 Å². The molecule has 5 heteroatoms. The number of hydrogen-bond donors (Lipinski definition) is 2. The van der Waals surface area contributed by atoms with Crippen molar-refractivity contribution in [2.45, 2.75) is 20.8 Å². The van der Waals surface area contributed by atoms with Gasteiger partial charge in [-0.3, -0.25) is 14.6 Å². The van der Waals surface area contributed by atoms with E-state index in [1.165, 1.54) is 0 Å². The van der Waals surface area contributed by atoms with Crippen molar-refractivity contribution in [3.8, 4) is 0 Å². The number of aryl methyl sites for hydroxylation is 1. The highest BCUT2D eigenvalue weighted by Crippen LogP contribution is 2.06. The second-order valence-electron chi connectivity index (χ2n) is 2.56. The van der Waals surface area contributed by atoms with E-state index in [1.54, 1.807) is 18.8 Å². The van der Waals surface area contributed by atoms with Crippen LogP contribution >= 0.6 is 12.2 Å². The number of nitrogens with one attached hydrogen (secondary N) is 2. The van der Waals surface area contributed by atoms with Gasteiger partial charge in [-0.15, -0.1) is 0 Å². The summed E-state index contributed by atoms with van der Waals surface area (Å²) in [6.45, 7) is 5.82. The highest BCUT2D eigenvalue weighted by molar-refractivity contribution is 7.71. The third-order valence-electron chi connectivity index (χ3n) is 1.73. The molecule has 0 radical (unpaired) electrons. The number of hydrogen-bond acceptors (Lipinski definition) is 2. The summed E-state index contributed by atoms with van der Waals surface area (Å²) in [4.78, 5) is 11.2. The van der Waals surface area contributed by atoms with Crippen LogP contribution in [0.3, 0.4) is 0 Å². The molecular formula is C9H17N3OS. The highest BCUT2D eigenvalue weighted by atomic mass is 32.1. The van der Waals surface area contributed by atoms with E-state index in [4.69, 9.17) is 12.2 Å². The first-order valence-corrected chi connectivity index (χ1v) is 4.96. The van der Waals surface area contributed by atoms with Gasteiger partial charge in [0.25, 0.3) is 5.91 Å². The van der Waals surface area contributed by atoms with Crippen molar-refractivity contribution in [2.75, 3.05) is 7.05 Å². The molecule has 0 spiro atoms. The third kappa shape index (κ3) is 2.45. The molecule has 1 heterocycles. The molecule has 0 saturated heterocycles. The number of H-pyrrole nitrogens is 1. The van der Waals surface area contributed by atoms with Crippen LogP contribution in [-0.2, 0) is 7.05 Å². The molecule has 2 N–H and O–H groups in total. The SMILES string of the molecule is CC.CNC(=O)c1[nH]n(C)c(=S)c1C. The van der Waals surface area contributed by atoms with Gasteiger partial charge in [0.05, 0.1) is 0 Å². The molecule has 0 aliphatic rings. The van der Waals surface area contributed by atoms with E-state index in [2.05, 4.69) is 10.4 Å². The van der Waals surface area contributed by atoms with Crippen molar-refractivity contribution < 1.29 is 4.79 Å². The minimum Gasteiger partial charge on any atom is -0.354 e. The maximum Gasteiger partial charge on any atom is 0.269 e. The molecule has 1 amide bonds. The van der Waals surface area contributed by atoms with Crippen LogP contribution < -0.4 is 5.32 Å². The molecule has 0 aliphatic heterocycles.